The molecular weight excluding hydrogens is 277 g/mol. The van der Waals surface area contributed by atoms with Crippen molar-refractivity contribution >= 4 is 23.2 Å². The zero-order valence-corrected chi connectivity index (χ0v) is 13.3. The standard InChI is InChI=1S/C16H23Cl2N/c1-12(2)19-11-16(7-3-4-8-16)10-13-5-6-14(17)9-15(13)18/h5-6,9,12,19H,3-4,7-8,10-11H2,1-2H3. The van der Waals surface area contributed by atoms with Crippen LogP contribution in [0.5, 0.6) is 0 Å². The Labute approximate surface area is 126 Å². The Morgan fingerprint density at radius 1 is 1.21 bits per heavy atom. The van der Waals surface area contributed by atoms with Gasteiger partial charge < -0.3 is 5.32 Å². The van der Waals surface area contributed by atoms with Gasteiger partial charge in [-0.25, -0.2) is 0 Å². The molecule has 1 aromatic carbocycles. The van der Waals surface area contributed by atoms with Crippen molar-refractivity contribution in [1.29, 1.82) is 0 Å². The number of hydrogen-bond donors (Lipinski definition) is 1. The van der Waals surface area contributed by atoms with E-state index in [1.165, 1.54) is 31.2 Å². The molecule has 0 unspecified atom stereocenters. The summed E-state index contributed by atoms with van der Waals surface area (Å²) in [4.78, 5) is 0. The molecule has 1 N–H and O–H groups in total. The van der Waals surface area contributed by atoms with Crippen LogP contribution >= 0.6 is 23.2 Å². The quantitative estimate of drug-likeness (QED) is 0.798. The monoisotopic (exact) mass is 299 g/mol. The second kappa shape index (κ2) is 6.47. The maximum atomic E-state index is 6.33. The third-order valence-corrected chi connectivity index (χ3v) is 4.72. The molecule has 0 aliphatic heterocycles. The molecule has 1 saturated carbocycles. The van der Waals surface area contributed by atoms with Crippen LogP contribution in [0, 0.1) is 5.41 Å². The third-order valence-electron chi connectivity index (χ3n) is 4.13. The van der Waals surface area contributed by atoms with E-state index in [2.05, 4.69) is 25.2 Å². The van der Waals surface area contributed by atoms with Crippen molar-refractivity contribution in [1.82, 2.24) is 5.32 Å². The summed E-state index contributed by atoms with van der Waals surface area (Å²) in [6.07, 6.45) is 6.33. The van der Waals surface area contributed by atoms with Crippen LogP contribution in [0.15, 0.2) is 18.2 Å². The van der Waals surface area contributed by atoms with Gasteiger partial charge in [0.05, 0.1) is 0 Å². The van der Waals surface area contributed by atoms with E-state index in [1.54, 1.807) is 0 Å². The zero-order chi connectivity index (χ0) is 13.9. The van der Waals surface area contributed by atoms with Gasteiger partial charge in [-0.2, -0.15) is 0 Å². The lowest BCUT2D eigenvalue weighted by Crippen LogP contribution is -2.37. The number of benzene rings is 1. The summed E-state index contributed by atoms with van der Waals surface area (Å²) >= 11 is 12.3. The summed E-state index contributed by atoms with van der Waals surface area (Å²) in [6, 6.07) is 6.43. The third kappa shape index (κ3) is 4.11. The van der Waals surface area contributed by atoms with Gasteiger partial charge in [-0.1, -0.05) is 56.0 Å². The molecule has 0 bridgehead atoms. The Morgan fingerprint density at radius 3 is 2.47 bits per heavy atom. The lowest BCUT2D eigenvalue weighted by Gasteiger charge is -2.31. The van der Waals surface area contributed by atoms with Gasteiger partial charge in [-0.05, 0) is 42.4 Å². The van der Waals surface area contributed by atoms with Crippen molar-refractivity contribution in [2.45, 2.75) is 52.0 Å². The first kappa shape index (κ1) is 15.2. The molecule has 1 fully saturated rings. The fourth-order valence-corrected chi connectivity index (χ4v) is 3.51. The van der Waals surface area contributed by atoms with Crippen molar-refractivity contribution < 1.29 is 0 Å². The summed E-state index contributed by atoms with van der Waals surface area (Å²) in [6.45, 7) is 5.50. The second-order valence-electron chi connectivity index (χ2n) is 6.16. The normalized spacial score (nSPS) is 18.2. The molecule has 0 aromatic heterocycles. The van der Waals surface area contributed by atoms with Gasteiger partial charge >= 0.3 is 0 Å². The highest BCUT2D eigenvalue weighted by molar-refractivity contribution is 6.35. The lowest BCUT2D eigenvalue weighted by molar-refractivity contribution is 0.269. The summed E-state index contributed by atoms with van der Waals surface area (Å²) in [7, 11) is 0. The molecular formula is C16H23Cl2N. The Hall–Kier alpha value is -0.240. The van der Waals surface area contributed by atoms with E-state index < -0.39 is 0 Å². The fourth-order valence-electron chi connectivity index (χ4n) is 3.03. The van der Waals surface area contributed by atoms with Crippen molar-refractivity contribution in [3.8, 4) is 0 Å². The van der Waals surface area contributed by atoms with Gasteiger partial charge in [-0.15, -0.1) is 0 Å². The predicted molar refractivity (Wildman–Crippen MR) is 84.2 cm³/mol. The van der Waals surface area contributed by atoms with E-state index in [4.69, 9.17) is 23.2 Å². The molecule has 0 heterocycles. The summed E-state index contributed by atoms with van der Waals surface area (Å²) < 4.78 is 0. The molecule has 0 amide bonds. The number of halogens is 2. The van der Waals surface area contributed by atoms with Crippen molar-refractivity contribution in [3.63, 3.8) is 0 Å². The highest BCUT2D eigenvalue weighted by atomic mass is 35.5. The summed E-state index contributed by atoms with van der Waals surface area (Å²) in [5.74, 6) is 0. The number of rotatable bonds is 5. The second-order valence-corrected chi connectivity index (χ2v) is 7.00. The highest BCUT2D eigenvalue weighted by Gasteiger charge is 2.34. The largest absolute Gasteiger partial charge is 0.314 e. The van der Waals surface area contributed by atoms with Crippen LogP contribution in [0.25, 0.3) is 0 Å². The minimum absolute atomic E-state index is 0.377. The molecule has 1 nitrogen and oxygen atoms in total. The molecule has 1 aliphatic rings. The van der Waals surface area contributed by atoms with Crippen LogP contribution in [-0.4, -0.2) is 12.6 Å². The van der Waals surface area contributed by atoms with Crippen molar-refractivity contribution in [2.24, 2.45) is 5.41 Å². The van der Waals surface area contributed by atoms with E-state index in [9.17, 15) is 0 Å². The topological polar surface area (TPSA) is 12.0 Å². The van der Waals surface area contributed by atoms with Crippen LogP contribution in [0.4, 0.5) is 0 Å². The molecule has 1 aliphatic carbocycles. The molecule has 0 atom stereocenters. The molecule has 2 rings (SSSR count). The maximum absolute atomic E-state index is 6.33. The molecule has 0 spiro atoms. The first-order valence-corrected chi connectivity index (χ1v) is 7.94. The molecule has 0 saturated heterocycles. The fraction of sp³-hybridized carbons (Fsp3) is 0.625. The first-order chi connectivity index (χ1) is 9.01. The van der Waals surface area contributed by atoms with Crippen molar-refractivity contribution in [3.05, 3.63) is 33.8 Å². The lowest BCUT2D eigenvalue weighted by atomic mass is 9.79. The Kier molecular flexibility index (Phi) is 5.16. The van der Waals surface area contributed by atoms with Gasteiger partial charge in [0.15, 0.2) is 0 Å². The van der Waals surface area contributed by atoms with Crippen LogP contribution in [0.1, 0.15) is 45.1 Å². The predicted octanol–water partition coefficient (Wildman–Crippen LogP) is 5.09. The Bertz CT molecular complexity index is 423. The average molecular weight is 300 g/mol. The summed E-state index contributed by atoms with van der Waals surface area (Å²) in [5, 5.41) is 5.14. The SMILES string of the molecule is CC(C)NCC1(Cc2ccc(Cl)cc2Cl)CCCC1. The minimum atomic E-state index is 0.377. The van der Waals surface area contributed by atoms with Gasteiger partial charge in [-0.3, -0.25) is 0 Å². The van der Waals surface area contributed by atoms with E-state index in [0.29, 0.717) is 11.5 Å². The summed E-state index contributed by atoms with van der Waals surface area (Å²) in [5.41, 5.74) is 1.61. The molecule has 0 radical (unpaired) electrons. The molecule has 1 aromatic rings. The average Bonchev–Trinajstić information content (AvgIpc) is 2.80. The van der Waals surface area contributed by atoms with E-state index >= 15 is 0 Å². The van der Waals surface area contributed by atoms with Gasteiger partial charge in [0, 0.05) is 22.6 Å². The van der Waals surface area contributed by atoms with Crippen molar-refractivity contribution in [2.75, 3.05) is 6.54 Å². The van der Waals surface area contributed by atoms with Gasteiger partial charge in [0.2, 0.25) is 0 Å². The smallest absolute Gasteiger partial charge is 0.0453 e. The Balaban J connectivity index is 2.11. The number of hydrogen-bond acceptors (Lipinski definition) is 1. The van der Waals surface area contributed by atoms with Crippen LogP contribution in [-0.2, 0) is 6.42 Å². The molecule has 3 heteroatoms. The van der Waals surface area contributed by atoms with Crippen LogP contribution in [0.2, 0.25) is 10.0 Å². The van der Waals surface area contributed by atoms with E-state index in [0.717, 1.165) is 23.0 Å². The molecule has 19 heavy (non-hydrogen) atoms. The minimum Gasteiger partial charge on any atom is -0.314 e. The zero-order valence-electron chi connectivity index (χ0n) is 11.8. The highest BCUT2D eigenvalue weighted by Crippen LogP contribution is 2.41. The van der Waals surface area contributed by atoms with Crippen LogP contribution < -0.4 is 5.32 Å². The van der Waals surface area contributed by atoms with E-state index in [1.807, 2.05) is 12.1 Å². The van der Waals surface area contributed by atoms with Gasteiger partial charge in [0.25, 0.3) is 0 Å². The van der Waals surface area contributed by atoms with Crippen LogP contribution in [0.3, 0.4) is 0 Å². The first-order valence-electron chi connectivity index (χ1n) is 7.18. The van der Waals surface area contributed by atoms with Gasteiger partial charge in [0.1, 0.15) is 0 Å². The molecule has 106 valence electrons. The number of nitrogens with one attached hydrogen (secondary N) is 1. The maximum Gasteiger partial charge on any atom is 0.0453 e. The Morgan fingerprint density at radius 2 is 1.89 bits per heavy atom. The van der Waals surface area contributed by atoms with E-state index in [-0.39, 0.29) is 0 Å².